The highest BCUT2D eigenvalue weighted by Gasteiger charge is 2.29. The molecule has 1 aromatic carbocycles. The van der Waals surface area contributed by atoms with Gasteiger partial charge >= 0.3 is 5.97 Å². The number of ether oxygens (including phenoxy) is 1. The van der Waals surface area contributed by atoms with Gasteiger partial charge in [0.15, 0.2) is 0 Å². The standard InChI is InChI=1S/C21H32O3/c1-20(2,3)16-12-14(13-17(18(16)22)21(4,5)6)19(23)24-15-10-8-7-9-11-15/h12-13,15,22H,7-11H2,1-6H3. The predicted octanol–water partition coefficient (Wildman–Crippen LogP) is 5.48. The second-order valence-corrected chi connectivity index (χ2v) is 9.09. The van der Waals surface area contributed by atoms with E-state index in [9.17, 15) is 9.90 Å². The summed E-state index contributed by atoms with van der Waals surface area (Å²) in [5, 5.41) is 10.7. The van der Waals surface area contributed by atoms with Crippen LogP contribution < -0.4 is 0 Å². The predicted molar refractivity (Wildman–Crippen MR) is 97.8 cm³/mol. The Balaban J connectivity index is 2.40. The minimum atomic E-state index is -0.266. The van der Waals surface area contributed by atoms with Crippen molar-refractivity contribution in [2.75, 3.05) is 0 Å². The van der Waals surface area contributed by atoms with Gasteiger partial charge in [-0.2, -0.15) is 0 Å². The first kappa shape index (κ1) is 18.8. The Hall–Kier alpha value is -1.51. The van der Waals surface area contributed by atoms with E-state index in [1.165, 1.54) is 6.42 Å². The fraction of sp³-hybridized carbons (Fsp3) is 0.667. The van der Waals surface area contributed by atoms with E-state index in [-0.39, 0.29) is 22.9 Å². The van der Waals surface area contributed by atoms with E-state index in [1.54, 1.807) is 12.1 Å². The van der Waals surface area contributed by atoms with Crippen LogP contribution in [0.3, 0.4) is 0 Å². The molecule has 1 aliphatic carbocycles. The molecular weight excluding hydrogens is 300 g/mol. The molecule has 0 saturated heterocycles. The van der Waals surface area contributed by atoms with Crippen molar-refractivity contribution in [2.45, 2.75) is 90.6 Å². The molecule has 3 heteroatoms. The molecule has 0 heterocycles. The van der Waals surface area contributed by atoms with Gasteiger partial charge in [-0.1, -0.05) is 48.0 Å². The zero-order chi connectivity index (χ0) is 18.1. The molecule has 1 saturated carbocycles. The number of phenols is 1. The van der Waals surface area contributed by atoms with Crippen LogP contribution in [0.4, 0.5) is 0 Å². The van der Waals surface area contributed by atoms with E-state index < -0.39 is 0 Å². The molecule has 1 N–H and O–H groups in total. The quantitative estimate of drug-likeness (QED) is 0.730. The summed E-state index contributed by atoms with van der Waals surface area (Å²) in [6.45, 7) is 12.3. The lowest BCUT2D eigenvalue weighted by atomic mass is 9.78. The molecule has 0 bridgehead atoms. The van der Waals surface area contributed by atoms with Crippen molar-refractivity contribution in [1.29, 1.82) is 0 Å². The Morgan fingerprint density at radius 3 is 1.83 bits per heavy atom. The van der Waals surface area contributed by atoms with Gasteiger partial charge in [0.25, 0.3) is 0 Å². The highest BCUT2D eigenvalue weighted by molar-refractivity contribution is 5.90. The molecule has 1 fully saturated rings. The molecule has 0 aliphatic heterocycles. The molecule has 2 rings (SSSR count). The lowest BCUT2D eigenvalue weighted by Crippen LogP contribution is -2.23. The average molecular weight is 332 g/mol. The molecule has 0 amide bonds. The van der Waals surface area contributed by atoms with Crippen LogP contribution >= 0.6 is 0 Å². The summed E-state index contributed by atoms with van der Waals surface area (Å²) in [5.41, 5.74) is 1.65. The van der Waals surface area contributed by atoms with Crippen molar-refractivity contribution in [2.24, 2.45) is 0 Å². The number of esters is 1. The fourth-order valence-electron chi connectivity index (χ4n) is 3.30. The zero-order valence-corrected chi connectivity index (χ0v) is 16.0. The van der Waals surface area contributed by atoms with Crippen LogP contribution in [0.2, 0.25) is 0 Å². The number of aromatic hydroxyl groups is 1. The van der Waals surface area contributed by atoms with Crippen LogP contribution in [0.1, 0.15) is 95.1 Å². The van der Waals surface area contributed by atoms with E-state index in [1.807, 2.05) is 41.5 Å². The molecule has 24 heavy (non-hydrogen) atoms. The van der Waals surface area contributed by atoms with Crippen LogP contribution in [0.25, 0.3) is 0 Å². The molecule has 0 spiro atoms. The van der Waals surface area contributed by atoms with Gasteiger partial charge in [-0.3, -0.25) is 0 Å². The van der Waals surface area contributed by atoms with Crippen molar-refractivity contribution in [1.82, 2.24) is 0 Å². The van der Waals surface area contributed by atoms with Gasteiger partial charge < -0.3 is 9.84 Å². The SMILES string of the molecule is CC(C)(C)c1cc(C(=O)OC2CCCCC2)cc(C(C)(C)C)c1O. The van der Waals surface area contributed by atoms with Gasteiger partial charge in [-0.05, 0) is 48.6 Å². The molecule has 0 aromatic heterocycles. The highest BCUT2D eigenvalue weighted by atomic mass is 16.5. The Kier molecular flexibility index (Phi) is 5.31. The number of carbonyl (C=O) groups excluding carboxylic acids is 1. The van der Waals surface area contributed by atoms with Crippen LogP contribution in [0.5, 0.6) is 5.75 Å². The number of hydrogen-bond donors (Lipinski definition) is 1. The number of benzene rings is 1. The third-order valence-electron chi connectivity index (χ3n) is 4.79. The van der Waals surface area contributed by atoms with Gasteiger partial charge in [0.1, 0.15) is 11.9 Å². The zero-order valence-electron chi connectivity index (χ0n) is 16.0. The number of hydrogen-bond acceptors (Lipinski definition) is 3. The summed E-state index contributed by atoms with van der Waals surface area (Å²) >= 11 is 0. The van der Waals surface area contributed by atoms with Crippen LogP contribution in [0, 0.1) is 0 Å². The van der Waals surface area contributed by atoms with Gasteiger partial charge in [0, 0.05) is 11.1 Å². The summed E-state index contributed by atoms with van der Waals surface area (Å²) < 4.78 is 5.73. The third kappa shape index (κ3) is 4.31. The van der Waals surface area contributed by atoms with Gasteiger partial charge in [-0.25, -0.2) is 4.79 Å². The lowest BCUT2D eigenvalue weighted by Gasteiger charge is -2.28. The Bertz CT molecular complexity index is 561. The van der Waals surface area contributed by atoms with Crippen molar-refractivity contribution in [3.8, 4) is 5.75 Å². The number of rotatable bonds is 2. The van der Waals surface area contributed by atoms with Gasteiger partial charge in [-0.15, -0.1) is 0 Å². The summed E-state index contributed by atoms with van der Waals surface area (Å²) in [7, 11) is 0. The van der Waals surface area contributed by atoms with Crippen molar-refractivity contribution in [3.05, 3.63) is 28.8 Å². The van der Waals surface area contributed by atoms with Crippen LogP contribution in [0.15, 0.2) is 12.1 Å². The molecule has 0 atom stereocenters. The molecule has 3 nitrogen and oxygen atoms in total. The Morgan fingerprint density at radius 2 is 1.42 bits per heavy atom. The van der Waals surface area contributed by atoms with Crippen LogP contribution in [-0.4, -0.2) is 17.2 Å². The van der Waals surface area contributed by atoms with Crippen molar-refractivity contribution >= 4 is 5.97 Å². The van der Waals surface area contributed by atoms with E-state index in [0.29, 0.717) is 11.3 Å². The molecule has 1 aliphatic rings. The lowest BCUT2D eigenvalue weighted by molar-refractivity contribution is 0.0211. The topological polar surface area (TPSA) is 46.5 Å². The molecule has 1 aromatic rings. The molecule has 0 radical (unpaired) electrons. The smallest absolute Gasteiger partial charge is 0.338 e. The average Bonchev–Trinajstić information content (AvgIpc) is 2.46. The largest absolute Gasteiger partial charge is 0.507 e. The van der Waals surface area contributed by atoms with E-state index in [0.717, 1.165) is 36.8 Å². The first-order valence-electron chi connectivity index (χ1n) is 9.09. The molecule has 134 valence electrons. The second kappa shape index (κ2) is 6.78. The minimum Gasteiger partial charge on any atom is -0.507 e. The number of carbonyl (C=O) groups is 1. The second-order valence-electron chi connectivity index (χ2n) is 9.09. The maximum Gasteiger partial charge on any atom is 0.338 e. The summed E-state index contributed by atoms with van der Waals surface area (Å²) in [4.78, 5) is 12.7. The van der Waals surface area contributed by atoms with E-state index in [4.69, 9.17) is 4.74 Å². The first-order valence-corrected chi connectivity index (χ1v) is 9.09. The normalized spacial score (nSPS) is 16.9. The molecule has 0 unspecified atom stereocenters. The van der Waals surface area contributed by atoms with E-state index >= 15 is 0 Å². The van der Waals surface area contributed by atoms with E-state index in [2.05, 4.69) is 0 Å². The molecular formula is C21H32O3. The Labute approximate surface area is 146 Å². The summed E-state index contributed by atoms with van der Waals surface area (Å²) in [6.07, 6.45) is 5.46. The van der Waals surface area contributed by atoms with Crippen molar-refractivity contribution < 1.29 is 14.6 Å². The maximum atomic E-state index is 12.7. The Morgan fingerprint density at radius 1 is 0.958 bits per heavy atom. The third-order valence-corrected chi connectivity index (χ3v) is 4.79. The number of phenolic OH excluding ortho intramolecular Hbond substituents is 1. The minimum absolute atomic E-state index is 0.0382. The summed E-state index contributed by atoms with van der Waals surface area (Å²) in [5.74, 6) is 0.0297. The van der Waals surface area contributed by atoms with Gasteiger partial charge in [0.05, 0.1) is 5.56 Å². The van der Waals surface area contributed by atoms with Gasteiger partial charge in [0.2, 0.25) is 0 Å². The maximum absolute atomic E-state index is 12.7. The monoisotopic (exact) mass is 332 g/mol. The van der Waals surface area contributed by atoms with Crippen molar-refractivity contribution in [3.63, 3.8) is 0 Å². The van der Waals surface area contributed by atoms with Crippen LogP contribution in [-0.2, 0) is 15.6 Å². The summed E-state index contributed by atoms with van der Waals surface area (Å²) in [6, 6.07) is 3.60. The first-order chi connectivity index (χ1) is 11.0. The fourth-order valence-corrected chi connectivity index (χ4v) is 3.30. The highest BCUT2D eigenvalue weighted by Crippen LogP contribution is 2.40.